The Hall–Kier alpha value is -2.31. The summed E-state index contributed by atoms with van der Waals surface area (Å²) in [4.78, 5) is 22.3. The van der Waals surface area contributed by atoms with Gasteiger partial charge in [-0.1, -0.05) is 13.8 Å². The highest BCUT2D eigenvalue weighted by Gasteiger charge is 2.10. The van der Waals surface area contributed by atoms with Gasteiger partial charge in [-0.3, -0.25) is 0 Å². The highest BCUT2D eigenvalue weighted by molar-refractivity contribution is 5.83. The van der Waals surface area contributed by atoms with Crippen molar-refractivity contribution in [1.29, 1.82) is 0 Å². The topological polar surface area (TPSA) is 93.8 Å². The number of carboxylic acids is 1. The molecule has 7 heteroatoms. The SMILES string of the molecule is CC(C)c1ncn(-c2ccnc(C(=O)O)n2)n1. The van der Waals surface area contributed by atoms with E-state index in [9.17, 15) is 4.79 Å². The molecule has 1 N–H and O–H groups in total. The van der Waals surface area contributed by atoms with Crippen LogP contribution in [0, 0.1) is 0 Å². The Morgan fingerprint density at radius 1 is 1.41 bits per heavy atom. The lowest BCUT2D eigenvalue weighted by atomic mass is 10.2. The lowest BCUT2D eigenvalue weighted by Crippen LogP contribution is -2.08. The lowest BCUT2D eigenvalue weighted by Gasteiger charge is -2.00. The molecule has 0 aliphatic rings. The average Bonchev–Trinajstić information content (AvgIpc) is 2.78. The molecule has 0 bridgehead atoms. The predicted molar refractivity (Wildman–Crippen MR) is 58.0 cm³/mol. The Morgan fingerprint density at radius 3 is 2.76 bits per heavy atom. The van der Waals surface area contributed by atoms with Crippen molar-refractivity contribution in [2.45, 2.75) is 19.8 Å². The van der Waals surface area contributed by atoms with Gasteiger partial charge in [-0.05, 0) is 0 Å². The first-order valence-corrected chi connectivity index (χ1v) is 5.06. The number of hydrogen-bond donors (Lipinski definition) is 1. The third-order valence-electron chi connectivity index (χ3n) is 2.09. The molecule has 17 heavy (non-hydrogen) atoms. The Morgan fingerprint density at radius 2 is 2.18 bits per heavy atom. The van der Waals surface area contributed by atoms with E-state index in [1.807, 2.05) is 13.8 Å². The molecule has 0 saturated heterocycles. The monoisotopic (exact) mass is 233 g/mol. The average molecular weight is 233 g/mol. The number of hydrogen-bond acceptors (Lipinski definition) is 5. The molecule has 0 spiro atoms. The number of rotatable bonds is 3. The molecule has 0 atom stereocenters. The molecule has 2 heterocycles. The fraction of sp³-hybridized carbons (Fsp3) is 0.300. The Balaban J connectivity index is 2.38. The predicted octanol–water partition coefficient (Wildman–Crippen LogP) is 0.879. The molecule has 2 aromatic rings. The van der Waals surface area contributed by atoms with Gasteiger partial charge in [0, 0.05) is 18.2 Å². The standard InChI is InChI=1S/C10H11N5O2/c1-6(2)8-12-5-15(14-8)7-3-4-11-9(13-7)10(16)17/h3-6H,1-2H3,(H,16,17). The maximum absolute atomic E-state index is 10.7. The lowest BCUT2D eigenvalue weighted by molar-refractivity contribution is 0.0683. The van der Waals surface area contributed by atoms with Crippen molar-refractivity contribution in [3.63, 3.8) is 0 Å². The van der Waals surface area contributed by atoms with Crippen molar-refractivity contribution in [2.24, 2.45) is 0 Å². The molecule has 2 rings (SSSR count). The van der Waals surface area contributed by atoms with Crippen LogP contribution in [0.1, 0.15) is 36.2 Å². The zero-order valence-corrected chi connectivity index (χ0v) is 9.40. The van der Waals surface area contributed by atoms with Gasteiger partial charge in [0.05, 0.1) is 0 Å². The van der Waals surface area contributed by atoms with E-state index < -0.39 is 5.97 Å². The van der Waals surface area contributed by atoms with Crippen LogP contribution in [0.3, 0.4) is 0 Å². The number of carboxylic acid groups (broad SMARTS) is 1. The van der Waals surface area contributed by atoms with Crippen LogP contribution in [0.5, 0.6) is 0 Å². The molecule has 0 radical (unpaired) electrons. The summed E-state index contributed by atoms with van der Waals surface area (Å²) in [5, 5.41) is 13.0. The Labute approximate surface area is 97.2 Å². The third-order valence-corrected chi connectivity index (χ3v) is 2.09. The number of aromatic nitrogens is 5. The van der Waals surface area contributed by atoms with E-state index in [1.165, 1.54) is 17.2 Å². The first kappa shape index (κ1) is 11.2. The van der Waals surface area contributed by atoms with Crippen LogP contribution in [-0.4, -0.2) is 35.8 Å². The van der Waals surface area contributed by atoms with Gasteiger partial charge < -0.3 is 5.11 Å². The van der Waals surface area contributed by atoms with Crippen molar-refractivity contribution in [2.75, 3.05) is 0 Å². The van der Waals surface area contributed by atoms with Crippen LogP contribution >= 0.6 is 0 Å². The number of nitrogens with zero attached hydrogens (tertiary/aromatic N) is 5. The van der Waals surface area contributed by atoms with E-state index in [1.54, 1.807) is 6.07 Å². The van der Waals surface area contributed by atoms with Gasteiger partial charge in [0.15, 0.2) is 11.6 Å². The molecule has 0 saturated carbocycles. The van der Waals surface area contributed by atoms with E-state index in [0.717, 1.165) is 0 Å². The first-order valence-electron chi connectivity index (χ1n) is 5.06. The van der Waals surface area contributed by atoms with Crippen LogP contribution in [0.25, 0.3) is 5.82 Å². The minimum absolute atomic E-state index is 0.206. The molecule has 0 aromatic carbocycles. The van der Waals surface area contributed by atoms with E-state index in [0.29, 0.717) is 11.6 Å². The highest BCUT2D eigenvalue weighted by Crippen LogP contribution is 2.09. The molecular formula is C10H11N5O2. The van der Waals surface area contributed by atoms with Crippen molar-refractivity contribution < 1.29 is 9.90 Å². The van der Waals surface area contributed by atoms with Gasteiger partial charge in [0.1, 0.15) is 6.33 Å². The Bertz CT molecular complexity index is 549. The van der Waals surface area contributed by atoms with Crippen LogP contribution in [0.15, 0.2) is 18.6 Å². The smallest absolute Gasteiger partial charge is 0.374 e. The van der Waals surface area contributed by atoms with E-state index in [2.05, 4.69) is 20.1 Å². The molecule has 0 fully saturated rings. The zero-order valence-electron chi connectivity index (χ0n) is 9.40. The fourth-order valence-corrected chi connectivity index (χ4v) is 1.23. The third kappa shape index (κ3) is 2.27. The zero-order chi connectivity index (χ0) is 12.4. The fourth-order valence-electron chi connectivity index (χ4n) is 1.23. The normalized spacial score (nSPS) is 10.8. The molecule has 0 aliphatic heterocycles. The second kappa shape index (κ2) is 4.28. The van der Waals surface area contributed by atoms with Crippen molar-refractivity contribution >= 4 is 5.97 Å². The van der Waals surface area contributed by atoms with E-state index >= 15 is 0 Å². The van der Waals surface area contributed by atoms with Crippen LogP contribution < -0.4 is 0 Å². The molecule has 88 valence electrons. The van der Waals surface area contributed by atoms with Crippen LogP contribution in [0.2, 0.25) is 0 Å². The van der Waals surface area contributed by atoms with Gasteiger partial charge >= 0.3 is 5.97 Å². The molecule has 0 aliphatic carbocycles. The van der Waals surface area contributed by atoms with E-state index in [-0.39, 0.29) is 11.7 Å². The first-order chi connectivity index (χ1) is 8.08. The van der Waals surface area contributed by atoms with E-state index in [4.69, 9.17) is 5.11 Å². The summed E-state index contributed by atoms with van der Waals surface area (Å²) in [6, 6.07) is 1.57. The minimum Gasteiger partial charge on any atom is -0.475 e. The highest BCUT2D eigenvalue weighted by atomic mass is 16.4. The summed E-state index contributed by atoms with van der Waals surface area (Å²) < 4.78 is 1.43. The largest absolute Gasteiger partial charge is 0.475 e. The van der Waals surface area contributed by atoms with Gasteiger partial charge in [0.2, 0.25) is 5.82 Å². The number of aromatic carboxylic acids is 1. The quantitative estimate of drug-likeness (QED) is 0.845. The molecule has 2 aromatic heterocycles. The molecule has 0 unspecified atom stereocenters. The second-order valence-electron chi connectivity index (χ2n) is 3.75. The summed E-state index contributed by atoms with van der Waals surface area (Å²) in [5.74, 6) is -0.158. The summed E-state index contributed by atoms with van der Waals surface area (Å²) in [6.45, 7) is 3.95. The van der Waals surface area contributed by atoms with Crippen molar-refractivity contribution in [3.8, 4) is 5.82 Å². The molecule has 7 nitrogen and oxygen atoms in total. The van der Waals surface area contributed by atoms with Gasteiger partial charge in [0.25, 0.3) is 0 Å². The summed E-state index contributed by atoms with van der Waals surface area (Å²) >= 11 is 0. The summed E-state index contributed by atoms with van der Waals surface area (Å²) in [5.41, 5.74) is 0. The van der Waals surface area contributed by atoms with Crippen LogP contribution in [0.4, 0.5) is 0 Å². The Kier molecular flexibility index (Phi) is 2.82. The maximum atomic E-state index is 10.7. The van der Waals surface area contributed by atoms with Crippen molar-refractivity contribution in [1.82, 2.24) is 24.7 Å². The second-order valence-corrected chi connectivity index (χ2v) is 3.75. The summed E-state index contributed by atoms with van der Waals surface area (Å²) in [6.07, 6.45) is 2.88. The molecule has 0 amide bonds. The van der Waals surface area contributed by atoms with Gasteiger partial charge in [-0.2, -0.15) is 0 Å². The number of carbonyl (C=O) groups is 1. The summed E-state index contributed by atoms with van der Waals surface area (Å²) in [7, 11) is 0. The van der Waals surface area contributed by atoms with Gasteiger partial charge in [-0.25, -0.2) is 24.4 Å². The maximum Gasteiger partial charge on any atom is 0.374 e. The molecular weight excluding hydrogens is 222 g/mol. The van der Waals surface area contributed by atoms with Crippen LogP contribution in [-0.2, 0) is 0 Å². The van der Waals surface area contributed by atoms with Crippen molar-refractivity contribution in [3.05, 3.63) is 30.2 Å². The minimum atomic E-state index is -1.17. The van der Waals surface area contributed by atoms with Gasteiger partial charge in [-0.15, -0.1) is 5.10 Å².